The summed E-state index contributed by atoms with van der Waals surface area (Å²) < 4.78 is 0. The zero-order valence-electron chi connectivity index (χ0n) is 12.0. The number of nitro benzene ring substituents is 1. The highest BCUT2D eigenvalue weighted by atomic mass is 32.1. The summed E-state index contributed by atoms with van der Waals surface area (Å²) in [5.41, 5.74) is 0.307. The van der Waals surface area contributed by atoms with E-state index in [-0.39, 0.29) is 24.6 Å². The first kappa shape index (κ1) is 16.1. The lowest BCUT2D eigenvalue weighted by Crippen LogP contribution is -2.39. The van der Waals surface area contributed by atoms with E-state index in [1.54, 1.807) is 19.1 Å². The highest BCUT2D eigenvalue weighted by Gasteiger charge is 2.24. The first-order valence-corrected chi connectivity index (χ1v) is 7.58. The highest BCUT2D eigenvalue weighted by molar-refractivity contribution is 7.08. The lowest BCUT2D eigenvalue weighted by atomic mass is 9.99. The molecule has 22 heavy (non-hydrogen) atoms. The van der Waals surface area contributed by atoms with E-state index in [9.17, 15) is 20.0 Å². The number of hydrogen-bond donors (Lipinski definition) is 2. The van der Waals surface area contributed by atoms with Crippen molar-refractivity contribution in [3.05, 3.63) is 62.3 Å². The van der Waals surface area contributed by atoms with Crippen molar-refractivity contribution in [1.29, 1.82) is 0 Å². The third-order valence-electron chi connectivity index (χ3n) is 3.28. The molecule has 0 fully saturated rings. The fraction of sp³-hybridized carbons (Fsp3) is 0.267. The minimum atomic E-state index is -1.12. The number of non-ortho nitro benzene ring substituents is 1. The van der Waals surface area contributed by atoms with Crippen LogP contribution in [0.25, 0.3) is 0 Å². The summed E-state index contributed by atoms with van der Waals surface area (Å²) >= 11 is 1.48. The van der Waals surface area contributed by atoms with Crippen molar-refractivity contribution in [2.45, 2.75) is 18.9 Å². The van der Waals surface area contributed by atoms with Gasteiger partial charge in [0.2, 0.25) is 5.91 Å². The highest BCUT2D eigenvalue weighted by Crippen LogP contribution is 2.22. The van der Waals surface area contributed by atoms with E-state index in [0.717, 1.165) is 5.56 Å². The van der Waals surface area contributed by atoms with Gasteiger partial charge in [-0.25, -0.2) is 0 Å². The SMILES string of the molecule is C[C@@](O)(CNC(=O)Cc1ccc([N+](=O)[O-])cc1)c1ccsc1. The third-order valence-corrected chi connectivity index (χ3v) is 3.97. The van der Waals surface area contributed by atoms with Crippen molar-refractivity contribution in [2.24, 2.45) is 0 Å². The summed E-state index contributed by atoms with van der Waals surface area (Å²) in [6.07, 6.45) is 0.109. The molecule has 0 radical (unpaired) electrons. The Hall–Kier alpha value is -2.25. The second-order valence-electron chi connectivity index (χ2n) is 5.16. The molecule has 6 nitrogen and oxygen atoms in total. The van der Waals surface area contributed by atoms with Crippen LogP contribution in [0.1, 0.15) is 18.1 Å². The van der Waals surface area contributed by atoms with Crippen molar-refractivity contribution < 1.29 is 14.8 Å². The van der Waals surface area contributed by atoms with E-state index in [1.165, 1.54) is 23.5 Å². The minimum Gasteiger partial charge on any atom is -0.384 e. The zero-order valence-corrected chi connectivity index (χ0v) is 12.8. The summed E-state index contributed by atoms with van der Waals surface area (Å²) in [6, 6.07) is 7.64. The van der Waals surface area contributed by atoms with Crippen LogP contribution >= 0.6 is 11.3 Å². The lowest BCUT2D eigenvalue weighted by molar-refractivity contribution is -0.384. The van der Waals surface area contributed by atoms with Gasteiger partial charge in [0.1, 0.15) is 5.60 Å². The molecule has 1 aromatic heterocycles. The Morgan fingerprint density at radius 3 is 2.59 bits per heavy atom. The van der Waals surface area contributed by atoms with E-state index >= 15 is 0 Å². The number of aliphatic hydroxyl groups is 1. The van der Waals surface area contributed by atoms with Gasteiger partial charge in [-0.2, -0.15) is 11.3 Å². The molecule has 0 unspecified atom stereocenters. The molecule has 2 rings (SSSR count). The summed E-state index contributed by atoms with van der Waals surface area (Å²) in [5, 5.41) is 27.2. The molecular formula is C15H16N2O4S. The molecule has 0 aliphatic heterocycles. The Morgan fingerprint density at radius 2 is 2.05 bits per heavy atom. The van der Waals surface area contributed by atoms with Gasteiger partial charge in [0, 0.05) is 12.1 Å². The van der Waals surface area contributed by atoms with Crippen LogP contribution in [-0.4, -0.2) is 22.5 Å². The Labute approximate surface area is 131 Å². The Morgan fingerprint density at radius 1 is 1.36 bits per heavy atom. The molecule has 7 heteroatoms. The second-order valence-corrected chi connectivity index (χ2v) is 5.94. The Kier molecular flexibility index (Phi) is 4.89. The summed E-state index contributed by atoms with van der Waals surface area (Å²) in [5.74, 6) is -0.246. The van der Waals surface area contributed by atoms with Gasteiger partial charge < -0.3 is 10.4 Å². The van der Waals surface area contributed by atoms with Crippen molar-refractivity contribution in [3.8, 4) is 0 Å². The molecule has 1 aromatic carbocycles. The topological polar surface area (TPSA) is 92.5 Å². The van der Waals surface area contributed by atoms with Crippen LogP contribution in [-0.2, 0) is 16.8 Å². The first-order chi connectivity index (χ1) is 10.4. The molecule has 1 amide bonds. The average Bonchev–Trinajstić information content (AvgIpc) is 3.01. The predicted octanol–water partition coefficient (Wildman–Crippen LogP) is 2.22. The maximum Gasteiger partial charge on any atom is 0.269 e. The van der Waals surface area contributed by atoms with E-state index < -0.39 is 10.5 Å². The maximum atomic E-state index is 11.9. The monoisotopic (exact) mass is 320 g/mol. The molecule has 2 N–H and O–H groups in total. The normalized spacial score (nSPS) is 13.4. The van der Waals surface area contributed by atoms with Crippen LogP contribution in [0.3, 0.4) is 0 Å². The molecule has 0 bridgehead atoms. The number of hydrogen-bond acceptors (Lipinski definition) is 5. The molecule has 116 valence electrons. The lowest BCUT2D eigenvalue weighted by Gasteiger charge is -2.22. The van der Waals surface area contributed by atoms with Crippen molar-refractivity contribution in [1.82, 2.24) is 5.32 Å². The van der Waals surface area contributed by atoms with Gasteiger partial charge in [-0.15, -0.1) is 0 Å². The van der Waals surface area contributed by atoms with Crippen LogP contribution in [0, 0.1) is 10.1 Å². The molecule has 0 aliphatic carbocycles. The standard InChI is InChI=1S/C15H16N2O4S/c1-15(19,12-6-7-22-9-12)10-16-14(18)8-11-2-4-13(5-3-11)17(20)21/h2-7,9,19H,8,10H2,1H3,(H,16,18)/t15-/m1/s1. The fourth-order valence-corrected chi connectivity index (χ4v) is 2.71. The predicted molar refractivity (Wildman–Crippen MR) is 83.7 cm³/mol. The maximum absolute atomic E-state index is 11.9. The van der Waals surface area contributed by atoms with E-state index in [1.807, 2.05) is 16.8 Å². The quantitative estimate of drug-likeness (QED) is 0.630. The molecule has 1 atom stereocenters. The number of carbonyl (C=O) groups is 1. The van der Waals surface area contributed by atoms with Crippen LogP contribution in [0.15, 0.2) is 41.1 Å². The summed E-state index contributed by atoms with van der Waals surface area (Å²) in [6.45, 7) is 1.75. The van der Waals surface area contributed by atoms with E-state index in [4.69, 9.17) is 0 Å². The second kappa shape index (κ2) is 6.67. The molecule has 2 aromatic rings. The third kappa shape index (κ3) is 4.12. The number of nitrogens with one attached hydrogen (secondary N) is 1. The average molecular weight is 320 g/mol. The zero-order chi connectivity index (χ0) is 16.2. The number of amides is 1. The van der Waals surface area contributed by atoms with Crippen molar-refractivity contribution >= 4 is 22.9 Å². The fourth-order valence-electron chi connectivity index (χ4n) is 1.93. The molecule has 0 spiro atoms. The van der Waals surface area contributed by atoms with Crippen LogP contribution < -0.4 is 5.32 Å². The number of thiophene rings is 1. The van der Waals surface area contributed by atoms with Gasteiger partial charge in [0.25, 0.3) is 5.69 Å². The van der Waals surface area contributed by atoms with Crippen molar-refractivity contribution in [3.63, 3.8) is 0 Å². The van der Waals surface area contributed by atoms with Gasteiger partial charge in [0.05, 0.1) is 17.9 Å². The van der Waals surface area contributed by atoms with Crippen LogP contribution in [0.2, 0.25) is 0 Å². The summed E-state index contributed by atoms with van der Waals surface area (Å²) in [7, 11) is 0. The minimum absolute atomic E-state index is 0.00968. The smallest absolute Gasteiger partial charge is 0.269 e. The summed E-state index contributed by atoms with van der Waals surface area (Å²) in [4.78, 5) is 22.0. The molecule has 1 heterocycles. The van der Waals surface area contributed by atoms with Gasteiger partial charge in [-0.3, -0.25) is 14.9 Å². The van der Waals surface area contributed by atoms with E-state index in [2.05, 4.69) is 5.32 Å². The van der Waals surface area contributed by atoms with Crippen LogP contribution in [0.5, 0.6) is 0 Å². The number of benzene rings is 1. The van der Waals surface area contributed by atoms with Gasteiger partial charge >= 0.3 is 0 Å². The van der Waals surface area contributed by atoms with Gasteiger partial charge in [0.15, 0.2) is 0 Å². The van der Waals surface area contributed by atoms with E-state index in [0.29, 0.717) is 5.56 Å². The number of nitrogens with zero attached hydrogens (tertiary/aromatic N) is 1. The van der Waals surface area contributed by atoms with Crippen molar-refractivity contribution in [2.75, 3.05) is 6.54 Å². The van der Waals surface area contributed by atoms with Crippen LogP contribution in [0.4, 0.5) is 5.69 Å². The number of nitro groups is 1. The largest absolute Gasteiger partial charge is 0.384 e. The van der Waals surface area contributed by atoms with Gasteiger partial charge in [-0.05, 0) is 34.9 Å². The Balaban J connectivity index is 1.89. The number of carbonyl (C=O) groups excluding carboxylic acids is 1. The van der Waals surface area contributed by atoms with Gasteiger partial charge in [-0.1, -0.05) is 12.1 Å². The Bertz CT molecular complexity index is 651. The first-order valence-electron chi connectivity index (χ1n) is 6.63. The molecule has 0 aliphatic rings. The number of rotatable bonds is 6. The molecule has 0 saturated heterocycles. The molecular weight excluding hydrogens is 304 g/mol. The molecule has 0 saturated carbocycles.